The Labute approximate surface area is 117 Å². The number of rotatable bonds is 5. The summed E-state index contributed by atoms with van der Waals surface area (Å²) in [6, 6.07) is 4.33. The summed E-state index contributed by atoms with van der Waals surface area (Å²) in [7, 11) is -3.73. The van der Waals surface area contributed by atoms with E-state index in [0.717, 1.165) is 5.56 Å². The molecular formula is C12H17N5O2S. The van der Waals surface area contributed by atoms with E-state index in [0.29, 0.717) is 24.5 Å². The zero-order chi connectivity index (χ0) is 14.8. The fourth-order valence-corrected chi connectivity index (χ4v) is 2.30. The number of nitrogens with one attached hydrogen (secondary N) is 1. The molecule has 108 valence electrons. The molecule has 1 aromatic carbocycles. The molecule has 0 radical (unpaired) electrons. The van der Waals surface area contributed by atoms with Gasteiger partial charge in [-0.1, -0.05) is 0 Å². The Hall–Kier alpha value is -2.06. The van der Waals surface area contributed by atoms with Crippen molar-refractivity contribution in [2.24, 2.45) is 5.14 Å². The van der Waals surface area contributed by atoms with Crippen molar-refractivity contribution >= 4 is 21.4 Å². The molecule has 2 rings (SSSR count). The van der Waals surface area contributed by atoms with E-state index in [2.05, 4.69) is 10.4 Å². The van der Waals surface area contributed by atoms with Crippen LogP contribution in [0, 0.1) is 6.92 Å². The molecule has 0 unspecified atom stereocenters. The Balaban J connectivity index is 2.05. The highest BCUT2D eigenvalue weighted by Crippen LogP contribution is 2.21. The third kappa shape index (κ3) is 3.49. The lowest BCUT2D eigenvalue weighted by atomic mass is 10.2. The predicted octanol–water partition coefficient (Wildman–Crippen LogP) is 0.533. The van der Waals surface area contributed by atoms with Crippen LogP contribution in [0.2, 0.25) is 0 Å². The average Bonchev–Trinajstić information content (AvgIpc) is 2.76. The second-order valence-corrected chi connectivity index (χ2v) is 6.06. The van der Waals surface area contributed by atoms with Crippen LogP contribution in [0.1, 0.15) is 5.56 Å². The van der Waals surface area contributed by atoms with Crippen LogP contribution in [-0.4, -0.2) is 24.7 Å². The van der Waals surface area contributed by atoms with Gasteiger partial charge in [0.2, 0.25) is 10.0 Å². The van der Waals surface area contributed by atoms with Crippen molar-refractivity contribution in [2.45, 2.75) is 18.4 Å². The Morgan fingerprint density at radius 2 is 2.15 bits per heavy atom. The summed E-state index contributed by atoms with van der Waals surface area (Å²) < 4.78 is 24.4. The first-order valence-electron chi connectivity index (χ1n) is 6.01. The van der Waals surface area contributed by atoms with E-state index in [1.54, 1.807) is 10.9 Å². The smallest absolute Gasteiger partial charge is 0.238 e. The summed E-state index contributed by atoms with van der Waals surface area (Å²) in [5, 5.41) is 12.3. The fourth-order valence-electron chi connectivity index (χ4n) is 1.76. The first kappa shape index (κ1) is 14.4. The van der Waals surface area contributed by atoms with Crippen molar-refractivity contribution in [2.75, 3.05) is 17.6 Å². The van der Waals surface area contributed by atoms with E-state index in [1.807, 2.05) is 13.1 Å². The van der Waals surface area contributed by atoms with Gasteiger partial charge in [-0.25, -0.2) is 13.6 Å². The van der Waals surface area contributed by atoms with Crippen LogP contribution in [0.25, 0.3) is 0 Å². The second-order valence-electron chi connectivity index (χ2n) is 4.50. The highest BCUT2D eigenvalue weighted by atomic mass is 32.2. The zero-order valence-corrected chi connectivity index (χ0v) is 11.9. The van der Waals surface area contributed by atoms with E-state index in [9.17, 15) is 8.42 Å². The van der Waals surface area contributed by atoms with Crippen LogP contribution in [0.5, 0.6) is 0 Å². The van der Waals surface area contributed by atoms with E-state index < -0.39 is 10.0 Å². The van der Waals surface area contributed by atoms with E-state index in [-0.39, 0.29) is 4.90 Å². The quantitative estimate of drug-likeness (QED) is 0.696. The Morgan fingerprint density at radius 3 is 2.75 bits per heavy atom. The normalized spacial score (nSPS) is 11.5. The number of benzene rings is 1. The number of anilines is 2. The molecule has 0 saturated heterocycles. The standard InChI is InChI=1S/C12H17N5O2S/c1-9-7-16-17(8-9)5-4-15-12-6-10(20(14,18)19)2-3-11(12)13/h2-3,6-8,15H,4-5,13H2,1H3,(H2,14,18,19). The molecule has 8 heteroatoms. The number of nitrogens with two attached hydrogens (primary N) is 2. The lowest BCUT2D eigenvalue weighted by Gasteiger charge is -2.10. The van der Waals surface area contributed by atoms with Gasteiger partial charge in [-0.05, 0) is 30.7 Å². The lowest BCUT2D eigenvalue weighted by Crippen LogP contribution is -2.15. The highest BCUT2D eigenvalue weighted by molar-refractivity contribution is 7.89. The molecule has 0 saturated carbocycles. The van der Waals surface area contributed by atoms with Gasteiger partial charge in [0.25, 0.3) is 0 Å². The monoisotopic (exact) mass is 295 g/mol. The third-order valence-corrected chi connectivity index (χ3v) is 3.68. The maximum Gasteiger partial charge on any atom is 0.238 e. The van der Waals surface area contributed by atoms with Crippen LogP contribution in [0.4, 0.5) is 11.4 Å². The van der Waals surface area contributed by atoms with Gasteiger partial charge in [0.05, 0.1) is 29.0 Å². The molecule has 0 spiro atoms. The molecule has 0 aliphatic carbocycles. The number of hydrogen-bond donors (Lipinski definition) is 3. The van der Waals surface area contributed by atoms with Gasteiger partial charge in [-0.2, -0.15) is 5.10 Å². The number of primary sulfonamides is 1. The SMILES string of the molecule is Cc1cnn(CCNc2cc(S(N)(=O)=O)ccc2N)c1. The van der Waals surface area contributed by atoms with Gasteiger partial charge in [0.1, 0.15) is 0 Å². The number of aryl methyl sites for hydroxylation is 1. The predicted molar refractivity (Wildman–Crippen MR) is 77.7 cm³/mol. The Morgan fingerprint density at radius 1 is 1.40 bits per heavy atom. The molecule has 0 fully saturated rings. The van der Waals surface area contributed by atoms with Gasteiger partial charge >= 0.3 is 0 Å². The summed E-state index contributed by atoms with van der Waals surface area (Å²) in [6.45, 7) is 3.18. The van der Waals surface area contributed by atoms with Crippen molar-refractivity contribution in [1.82, 2.24) is 9.78 Å². The second kappa shape index (κ2) is 5.51. The molecule has 1 heterocycles. The largest absolute Gasteiger partial charge is 0.397 e. The minimum atomic E-state index is -3.73. The Bertz CT molecular complexity index is 708. The van der Waals surface area contributed by atoms with Crippen LogP contribution in [0.3, 0.4) is 0 Å². The molecule has 1 aromatic heterocycles. The van der Waals surface area contributed by atoms with Crippen molar-refractivity contribution in [3.8, 4) is 0 Å². The molecule has 0 aliphatic heterocycles. The molecule has 0 bridgehead atoms. The molecule has 7 nitrogen and oxygen atoms in total. The maximum absolute atomic E-state index is 11.3. The third-order valence-electron chi connectivity index (χ3n) is 2.77. The van der Waals surface area contributed by atoms with Gasteiger partial charge in [-0.15, -0.1) is 0 Å². The van der Waals surface area contributed by atoms with E-state index in [1.165, 1.54) is 18.2 Å². The molecule has 0 aliphatic rings. The van der Waals surface area contributed by atoms with Crippen LogP contribution in [-0.2, 0) is 16.6 Å². The van der Waals surface area contributed by atoms with E-state index >= 15 is 0 Å². The van der Waals surface area contributed by atoms with Gasteiger partial charge in [0, 0.05) is 12.7 Å². The number of nitrogen functional groups attached to an aromatic ring is 1. The molecular weight excluding hydrogens is 278 g/mol. The number of nitrogens with zero attached hydrogens (tertiary/aromatic N) is 2. The molecule has 20 heavy (non-hydrogen) atoms. The minimum Gasteiger partial charge on any atom is -0.397 e. The summed E-state index contributed by atoms with van der Waals surface area (Å²) in [4.78, 5) is 0.0316. The number of hydrogen-bond acceptors (Lipinski definition) is 5. The minimum absolute atomic E-state index is 0.0316. The average molecular weight is 295 g/mol. The van der Waals surface area contributed by atoms with Crippen molar-refractivity contribution in [3.05, 3.63) is 36.2 Å². The van der Waals surface area contributed by atoms with Gasteiger partial charge < -0.3 is 11.1 Å². The van der Waals surface area contributed by atoms with Gasteiger partial charge in [-0.3, -0.25) is 4.68 Å². The maximum atomic E-state index is 11.3. The lowest BCUT2D eigenvalue weighted by molar-refractivity contribution is 0.598. The van der Waals surface area contributed by atoms with Crippen molar-refractivity contribution < 1.29 is 8.42 Å². The van der Waals surface area contributed by atoms with Gasteiger partial charge in [0.15, 0.2) is 0 Å². The molecule has 5 N–H and O–H groups in total. The number of aromatic nitrogens is 2. The van der Waals surface area contributed by atoms with Crippen molar-refractivity contribution in [3.63, 3.8) is 0 Å². The first-order chi connectivity index (χ1) is 9.36. The summed E-state index contributed by atoms with van der Waals surface area (Å²) in [5.41, 5.74) is 7.89. The summed E-state index contributed by atoms with van der Waals surface area (Å²) in [5.74, 6) is 0. The fraction of sp³-hybridized carbons (Fsp3) is 0.250. The van der Waals surface area contributed by atoms with E-state index in [4.69, 9.17) is 10.9 Å². The van der Waals surface area contributed by atoms with Crippen LogP contribution < -0.4 is 16.2 Å². The molecule has 0 amide bonds. The van der Waals surface area contributed by atoms with Crippen LogP contribution in [0.15, 0.2) is 35.5 Å². The molecule has 2 aromatic rings. The summed E-state index contributed by atoms with van der Waals surface area (Å²) >= 11 is 0. The molecule has 0 atom stereocenters. The number of sulfonamides is 1. The first-order valence-corrected chi connectivity index (χ1v) is 7.56. The summed E-state index contributed by atoms with van der Waals surface area (Å²) in [6.07, 6.45) is 3.70. The van der Waals surface area contributed by atoms with Crippen molar-refractivity contribution in [1.29, 1.82) is 0 Å². The Kier molecular flexibility index (Phi) is 3.96. The zero-order valence-electron chi connectivity index (χ0n) is 11.1. The highest BCUT2D eigenvalue weighted by Gasteiger charge is 2.10. The van der Waals surface area contributed by atoms with Crippen LogP contribution >= 0.6 is 0 Å². The topological polar surface area (TPSA) is 116 Å².